The van der Waals surface area contributed by atoms with E-state index in [0.29, 0.717) is 32.5 Å². The molecule has 1 aromatic heterocycles. The average Bonchev–Trinajstić information content (AvgIpc) is 3.18. The molecular weight excluding hydrogens is 465 g/mol. The van der Waals surface area contributed by atoms with Crippen molar-refractivity contribution in [2.24, 2.45) is 4.99 Å². The molecule has 0 aromatic carbocycles. The third-order valence-electron chi connectivity index (χ3n) is 4.25. The fraction of sp³-hybridized carbons (Fsp3) is 0.588. The lowest BCUT2D eigenvalue weighted by Gasteiger charge is -2.19. The number of carbonyl (C=O) groups excluding carboxylic acids is 2. The van der Waals surface area contributed by atoms with Crippen molar-refractivity contribution in [2.75, 3.05) is 19.6 Å². The standard InChI is InChI=1S/C17H27N5O2S.HI/c1-4-17(3)14(23)22(16(24)21-17)9-6-8-19-15(18-5-2)20-11-13-7-10-25-12-13;/h7,10,12H,4-6,8-9,11H2,1-3H3,(H,21,24)(H2,18,19,20);1H. The zero-order valence-corrected chi connectivity index (χ0v) is 18.6. The van der Waals surface area contributed by atoms with Crippen LogP contribution in [0.3, 0.4) is 0 Å². The molecule has 1 saturated heterocycles. The minimum absolute atomic E-state index is 0. The molecule has 1 fully saturated rings. The number of aliphatic imine (C=N–C) groups is 1. The third-order valence-corrected chi connectivity index (χ3v) is 4.98. The summed E-state index contributed by atoms with van der Waals surface area (Å²) in [5, 5.41) is 13.3. The second kappa shape index (κ2) is 10.7. The van der Waals surface area contributed by atoms with Gasteiger partial charge in [-0.15, -0.1) is 24.0 Å². The second-order valence-corrected chi connectivity index (χ2v) is 6.96. The van der Waals surface area contributed by atoms with E-state index in [2.05, 4.69) is 32.4 Å². The monoisotopic (exact) mass is 493 g/mol. The average molecular weight is 493 g/mol. The van der Waals surface area contributed by atoms with Gasteiger partial charge in [0.15, 0.2) is 5.96 Å². The molecule has 2 heterocycles. The third kappa shape index (κ3) is 5.83. The first kappa shape index (κ1) is 22.7. The van der Waals surface area contributed by atoms with Gasteiger partial charge in [0.1, 0.15) is 5.54 Å². The fourth-order valence-electron chi connectivity index (χ4n) is 2.53. The Hall–Kier alpha value is -1.36. The fourth-order valence-corrected chi connectivity index (χ4v) is 3.19. The van der Waals surface area contributed by atoms with Crippen molar-refractivity contribution in [3.63, 3.8) is 0 Å². The predicted octanol–water partition coefficient (Wildman–Crippen LogP) is 2.53. The number of guanidine groups is 1. The molecule has 9 heteroatoms. The van der Waals surface area contributed by atoms with E-state index in [4.69, 9.17) is 0 Å². The van der Waals surface area contributed by atoms with Gasteiger partial charge in [-0.05, 0) is 49.1 Å². The Balaban J connectivity index is 0.00000338. The smallest absolute Gasteiger partial charge is 0.325 e. The first-order valence-electron chi connectivity index (χ1n) is 8.67. The molecule has 3 N–H and O–H groups in total. The maximum absolute atomic E-state index is 12.3. The summed E-state index contributed by atoms with van der Waals surface area (Å²) in [6, 6.07) is 1.76. The summed E-state index contributed by atoms with van der Waals surface area (Å²) in [6.45, 7) is 8.12. The molecule has 0 spiro atoms. The Morgan fingerprint density at radius 2 is 2.12 bits per heavy atom. The summed E-state index contributed by atoms with van der Waals surface area (Å²) in [7, 11) is 0. The number of rotatable bonds is 8. The van der Waals surface area contributed by atoms with E-state index in [-0.39, 0.29) is 35.9 Å². The Morgan fingerprint density at radius 1 is 1.35 bits per heavy atom. The molecule has 7 nitrogen and oxygen atoms in total. The van der Waals surface area contributed by atoms with E-state index in [1.165, 1.54) is 10.5 Å². The molecular formula is C17H28IN5O2S. The number of imide groups is 1. The highest BCUT2D eigenvalue weighted by molar-refractivity contribution is 14.0. The van der Waals surface area contributed by atoms with Crippen LogP contribution in [0.5, 0.6) is 0 Å². The van der Waals surface area contributed by atoms with Crippen LogP contribution in [0.4, 0.5) is 4.79 Å². The molecule has 0 aliphatic carbocycles. The number of amides is 3. The van der Waals surface area contributed by atoms with Crippen molar-refractivity contribution in [2.45, 2.75) is 45.7 Å². The number of nitrogens with zero attached hydrogens (tertiary/aromatic N) is 2. The van der Waals surface area contributed by atoms with Crippen LogP contribution in [-0.4, -0.2) is 48.0 Å². The van der Waals surface area contributed by atoms with Crippen LogP contribution in [0.2, 0.25) is 0 Å². The molecule has 0 radical (unpaired) electrons. The molecule has 1 atom stereocenters. The van der Waals surface area contributed by atoms with E-state index in [1.54, 1.807) is 18.3 Å². The summed E-state index contributed by atoms with van der Waals surface area (Å²) < 4.78 is 0. The van der Waals surface area contributed by atoms with Gasteiger partial charge in [0.2, 0.25) is 0 Å². The van der Waals surface area contributed by atoms with Gasteiger partial charge in [-0.25, -0.2) is 9.79 Å². The first-order chi connectivity index (χ1) is 12.0. The van der Waals surface area contributed by atoms with Gasteiger partial charge in [0, 0.05) is 19.6 Å². The summed E-state index contributed by atoms with van der Waals surface area (Å²) in [5.41, 5.74) is 0.418. The van der Waals surface area contributed by atoms with Gasteiger partial charge in [-0.2, -0.15) is 11.3 Å². The minimum atomic E-state index is -0.762. The zero-order valence-electron chi connectivity index (χ0n) is 15.5. The van der Waals surface area contributed by atoms with Crippen molar-refractivity contribution < 1.29 is 9.59 Å². The first-order valence-corrected chi connectivity index (χ1v) is 9.61. The van der Waals surface area contributed by atoms with Gasteiger partial charge in [-0.1, -0.05) is 6.92 Å². The van der Waals surface area contributed by atoms with Crippen molar-refractivity contribution in [1.82, 2.24) is 20.9 Å². The summed E-state index contributed by atoms with van der Waals surface area (Å²) in [5.74, 6) is 0.599. The molecule has 2 rings (SSSR count). The number of carbonyl (C=O) groups is 2. The van der Waals surface area contributed by atoms with E-state index in [0.717, 1.165) is 12.5 Å². The number of hydrogen-bond donors (Lipinski definition) is 3. The molecule has 26 heavy (non-hydrogen) atoms. The summed E-state index contributed by atoms with van der Waals surface area (Å²) in [6.07, 6.45) is 1.26. The minimum Gasteiger partial charge on any atom is -0.357 e. The van der Waals surface area contributed by atoms with Crippen molar-refractivity contribution >= 4 is 53.2 Å². The van der Waals surface area contributed by atoms with Gasteiger partial charge < -0.3 is 16.0 Å². The van der Waals surface area contributed by atoms with Crippen LogP contribution in [0.15, 0.2) is 21.8 Å². The van der Waals surface area contributed by atoms with Crippen LogP contribution in [0.25, 0.3) is 0 Å². The maximum atomic E-state index is 12.3. The number of nitrogens with one attached hydrogen (secondary N) is 3. The largest absolute Gasteiger partial charge is 0.357 e. The molecule has 1 unspecified atom stereocenters. The quantitative estimate of drug-likeness (QED) is 0.171. The molecule has 1 aliphatic heterocycles. The highest BCUT2D eigenvalue weighted by atomic mass is 127. The van der Waals surface area contributed by atoms with Gasteiger partial charge in [-0.3, -0.25) is 9.69 Å². The Morgan fingerprint density at radius 3 is 2.69 bits per heavy atom. The van der Waals surface area contributed by atoms with Crippen LogP contribution in [0, 0.1) is 0 Å². The van der Waals surface area contributed by atoms with Gasteiger partial charge in [0.25, 0.3) is 5.91 Å². The molecule has 1 aliphatic rings. The summed E-state index contributed by atoms with van der Waals surface area (Å²) >= 11 is 1.66. The normalized spacial score (nSPS) is 20.0. The maximum Gasteiger partial charge on any atom is 0.325 e. The van der Waals surface area contributed by atoms with Gasteiger partial charge in [0.05, 0.1) is 6.54 Å². The number of urea groups is 1. The lowest BCUT2D eigenvalue weighted by Crippen LogP contribution is -2.43. The Bertz CT molecular complexity index is 623. The number of hydrogen-bond acceptors (Lipinski definition) is 4. The van der Waals surface area contributed by atoms with Crippen LogP contribution >= 0.6 is 35.3 Å². The van der Waals surface area contributed by atoms with E-state index < -0.39 is 5.54 Å². The highest BCUT2D eigenvalue weighted by Gasteiger charge is 2.45. The molecule has 0 bridgehead atoms. The highest BCUT2D eigenvalue weighted by Crippen LogP contribution is 2.20. The molecule has 1 aromatic rings. The number of thiophene rings is 1. The number of halogens is 1. The summed E-state index contributed by atoms with van der Waals surface area (Å²) in [4.78, 5) is 30.1. The van der Waals surface area contributed by atoms with Crippen molar-refractivity contribution in [1.29, 1.82) is 0 Å². The second-order valence-electron chi connectivity index (χ2n) is 6.18. The molecule has 146 valence electrons. The van der Waals surface area contributed by atoms with Crippen molar-refractivity contribution in [3.8, 4) is 0 Å². The molecule has 0 saturated carbocycles. The SMILES string of the molecule is CCNC(=NCc1ccsc1)NCCCN1C(=O)NC(C)(CC)C1=O.I. The molecule has 3 amide bonds. The Kier molecular flexibility index (Phi) is 9.34. The van der Waals surface area contributed by atoms with Crippen LogP contribution in [0.1, 0.15) is 39.2 Å². The Labute approximate surface area is 176 Å². The lowest BCUT2D eigenvalue weighted by atomic mass is 9.99. The zero-order chi connectivity index (χ0) is 18.3. The van der Waals surface area contributed by atoms with E-state index in [1.807, 2.05) is 19.2 Å². The topological polar surface area (TPSA) is 85.8 Å². The van der Waals surface area contributed by atoms with Gasteiger partial charge >= 0.3 is 6.03 Å². The predicted molar refractivity (Wildman–Crippen MR) is 116 cm³/mol. The van der Waals surface area contributed by atoms with E-state index in [9.17, 15) is 9.59 Å². The van der Waals surface area contributed by atoms with Crippen molar-refractivity contribution in [3.05, 3.63) is 22.4 Å². The van der Waals surface area contributed by atoms with Crippen LogP contribution < -0.4 is 16.0 Å². The van der Waals surface area contributed by atoms with Crippen LogP contribution in [-0.2, 0) is 11.3 Å². The lowest BCUT2D eigenvalue weighted by molar-refractivity contribution is -0.130. The van der Waals surface area contributed by atoms with E-state index >= 15 is 0 Å².